The van der Waals surface area contributed by atoms with E-state index in [-0.39, 0.29) is 5.91 Å². The van der Waals surface area contributed by atoms with Crippen molar-refractivity contribution in [1.82, 2.24) is 10.2 Å². The maximum atomic E-state index is 11.5. The van der Waals surface area contributed by atoms with Crippen molar-refractivity contribution in [1.29, 1.82) is 0 Å². The number of amides is 1. The molecule has 1 aromatic rings. The Kier molecular flexibility index (Phi) is 4.27. The molecule has 1 amide bonds. The molecule has 2 aliphatic heterocycles. The zero-order chi connectivity index (χ0) is 14.8. The number of carbonyl (C=O) groups is 1. The fourth-order valence-electron chi connectivity index (χ4n) is 3.63. The molecule has 2 aliphatic rings. The summed E-state index contributed by atoms with van der Waals surface area (Å²) in [5.41, 5.74) is 9.62. The second kappa shape index (κ2) is 6.16. The molecule has 0 spiro atoms. The topological polar surface area (TPSA) is 58.4 Å². The highest BCUT2D eigenvalue weighted by atomic mass is 16.1. The minimum absolute atomic E-state index is 0.234. The van der Waals surface area contributed by atoms with E-state index in [0.717, 1.165) is 32.5 Å². The summed E-state index contributed by atoms with van der Waals surface area (Å²) in [6, 6.07) is 6.95. The van der Waals surface area contributed by atoms with Gasteiger partial charge in [0.05, 0.1) is 0 Å². The quantitative estimate of drug-likeness (QED) is 0.887. The lowest BCUT2D eigenvalue weighted by Gasteiger charge is -2.41. The molecule has 114 valence electrons. The first kappa shape index (κ1) is 14.5. The van der Waals surface area contributed by atoms with Crippen molar-refractivity contribution >= 4 is 5.91 Å². The largest absolute Gasteiger partial charge is 0.353 e. The molecule has 0 aliphatic carbocycles. The molecule has 0 radical (unpaired) electrons. The standard InChI is InChI=1S/C17H25N3O/c1-12-8-13(9-18)2-3-14(12)10-20-7-6-16-15(11-20)4-5-17(21)19-16/h2-3,8,15-16H,4-7,9-11,18H2,1H3,(H,19,21). The molecule has 2 unspecified atom stereocenters. The Morgan fingerprint density at radius 2 is 2.24 bits per heavy atom. The summed E-state index contributed by atoms with van der Waals surface area (Å²) in [6.07, 6.45) is 2.81. The number of hydrogen-bond donors (Lipinski definition) is 2. The number of hydrogen-bond acceptors (Lipinski definition) is 3. The third-order valence-corrected chi connectivity index (χ3v) is 4.94. The van der Waals surface area contributed by atoms with Crippen LogP contribution in [0.2, 0.25) is 0 Å². The summed E-state index contributed by atoms with van der Waals surface area (Å²) in [4.78, 5) is 14.0. The van der Waals surface area contributed by atoms with Gasteiger partial charge < -0.3 is 11.1 Å². The lowest BCUT2D eigenvalue weighted by Crippen LogP contribution is -2.53. The van der Waals surface area contributed by atoms with Gasteiger partial charge >= 0.3 is 0 Å². The van der Waals surface area contributed by atoms with E-state index in [4.69, 9.17) is 5.73 Å². The molecule has 0 bridgehead atoms. The molecular weight excluding hydrogens is 262 g/mol. The molecule has 0 saturated carbocycles. The van der Waals surface area contributed by atoms with Gasteiger partial charge in [0.2, 0.25) is 5.91 Å². The van der Waals surface area contributed by atoms with Crippen LogP contribution >= 0.6 is 0 Å². The molecule has 2 atom stereocenters. The summed E-state index contributed by atoms with van der Waals surface area (Å²) < 4.78 is 0. The van der Waals surface area contributed by atoms with Gasteiger partial charge in [-0.15, -0.1) is 0 Å². The van der Waals surface area contributed by atoms with Crippen LogP contribution in [-0.2, 0) is 17.9 Å². The Hall–Kier alpha value is -1.39. The normalized spacial score (nSPS) is 26.3. The summed E-state index contributed by atoms with van der Waals surface area (Å²) in [5, 5.41) is 3.15. The fraction of sp³-hybridized carbons (Fsp3) is 0.588. The van der Waals surface area contributed by atoms with Crippen LogP contribution in [0, 0.1) is 12.8 Å². The first-order chi connectivity index (χ1) is 10.2. The van der Waals surface area contributed by atoms with Crippen LogP contribution in [0.15, 0.2) is 18.2 Å². The average molecular weight is 287 g/mol. The molecular formula is C17H25N3O. The number of benzene rings is 1. The molecule has 4 heteroatoms. The van der Waals surface area contributed by atoms with Crippen LogP contribution in [-0.4, -0.2) is 29.9 Å². The molecule has 1 aromatic carbocycles. The molecule has 4 nitrogen and oxygen atoms in total. The predicted octanol–water partition coefficient (Wildman–Crippen LogP) is 1.55. The number of nitrogens with zero attached hydrogens (tertiary/aromatic N) is 1. The number of carbonyl (C=O) groups excluding carboxylic acids is 1. The highest BCUT2D eigenvalue weighted by Crippen LogP contribution is 2.26. The van der Waals surface area contributed by atoms with Crippen molar-refractivity contribution in [2.75, 3.05) is 13.1 Å². The Balaban J connectivity index is 1.63. The van der Waals surface area contributed by atoms with Crippen molar-refractivity contribution < 1.29 is 4.79 Å². The van der Waals surface area contributed by atoms with Crippen LogP contribution < -0.4 is 11.1 Å². The Morgan fingerprint density at radius 1 is 1.38 bits per heavy atom. The predicted molar refractivity (Wildman–Crippen MR) is 83.6 cm³/mol. The monoisotopic (exact) mass is 287 g/mol. The van der Waals surface area contributed by atoms with E-state index >= 15 is 0 Å². The van der Waals surface area contributed by atoms with Crippen molar-refractivity contribution in [3.05, 3.63) is 34.9 Å². The fourth-order valence-corrected chi connectivity index (χ4v) is 3.63. The van der Waals surface area contributed by atoms with E-state index in [1.54, 1.807) is 0 Å². The van der Waals surface area contributed by atoms with Crippen LogP contribution in [0.4, 0.5) is 0 Å². The zero-order valence-electron chi connectivity index (χ0n) is 12.8. The summed E-state index contributed by atoms with van der Waals surface area (Å²) >= 11 is 0. The maximum absolute atomic E-state index is 11.5. The van der Waals surface area contributed by atoms with Crippen LogP contribution in [0.1, 0.15) is 36.0 Å². The minimum Gasteiger partial charge on any atom is -0.353 e. The second-order valence-electron chi connectivity index (χ2n) is 6.46. The molecule has 2 heterocycles. The summed E-state index contributed by atoms with van der Waals surface area (Å²) in [7, 11) is 0. The number of fused-ring (bicyclic) bond motifs is 1. The van der Waals surface area contributed by atoms with Gasteiger partial charge in [0.1, 0.15) is 0 Å². The second-order valence-corrected chi connectivity index (χ2v) is 6.46. The van der Waals surface area contributed by atoms with Crippen LogP contribution in [0.5, 0.6) is 0 Å². The van der Waals surface area contributed by atoms with Crippen molar-refractivity contribution in [2.24, 2.45) is 11.7 Å². The number of aryl methyl sites for hydroxylation is 1. The molecule has 2 saturated heterocycles. The highest BCUT2D eigenvalue weighted by Gasteiger charge is 2.33. The van der Waals surface area contributed by atoms with Gasteiger partial charge in [0.15, 0.2) is 0 Å². The number of nitrogens with one attached hydrogen (secondary N) is 1. The maximum Gasteiger partial charge on any atom is 0.220 e. The first-order valence-electron chi connectivity index (χ1n) is 7.96. The van der Waals surface area contributed by atoms with Crippen LogP contribution in [0.25, 0.3) is 0 Å². The van der Waals surface area contributed by atoms with E-state index in [2.05, 4.69) is 35.3 Å². The van der Waals surface area contributed by atoms with Gasteiger partial charge in [-0.2, -0.15) is 0 Å². The van der Waals surface area contributed by atoms with E-state index in [9.17, 15) is 4.79 Å². The van der Waals surface area contributed by atoms with E-state index in [0.29, 0.717) is 24.9 Å². The molecule has 3 rings (SSSR count). The number of piperidine rings is 2. The van der Waals surface area contributed by atoms with Gasteiger partial charge in [-0.1, -0.05) is 18.2 Å². The van der Waals surface area contributed by atoms with Crippen LogP contribution in [0.3, 0.4) is 0 Å². The Morgan fingerprint density at radius 3 is 3.00 bits per heavy atom. The van der Waals surface area contributed by atoms with Crippen molar-refractivity contribution in [2.45, 2.75) is 45.3 Å². The van der Waals surface area contributed by atoms with Gasteiger partial charge in [0.25, 0.3) is 0 Å². The first-order valence-corrected chi connectivity index (χ1v) is 7.96. The highest BCUT2D eigenvalue weighted by molar-refractivity contribution is 5.77. The van der Waals surface area contributed by atoms with Crippen molar-refractivity contribution in [3.63, 3.8) is 0 Å². The molecule has 0 aromatic heterocycles. The van der Waals surface area contributed by atoms with E-state index in [1.807, 2.05) is 0 Å². The number of nitrogens with two attached hydrogens (primary N) is 1. The average Bonchev–Trinajstić information content (AvgIpc) is 2.49. The van der Waals surface area contributed by atoms with Gasteiger partial charge in [-0.05, 0) is 42.4 Å². The molecule has 21 heavy (non-hydrogen) atoms. The van der Waals surface area contributed by atoms with E-state index < -0.39 is 0 Å². The summed E-state index contributed by atoms with van der Waals surface area (Å²) in [6.45, 7) is 5.95. The smallest absolute Gasteiger partial charge is 0.220 e. The van der Waals surface area contributed by atoms with E-state index in [1.165, 1.54) is 16.7 Å². The minimum atomic E-state index is 0.234. The Bertz CT molecular complexity index is 529. The van der Waals surface area contributed by atoms with Crippen molar-refractivity contribution in [3.8, 4) is 0 Å². The lowest BCUT2D eigenvalue weighted by atomic mass is 9.85. The third kappa shape index (κ3) is 3.27. The zero-order valence-corrected chi connectivity index (χ0v) is 12.8. The Labute approximate surface area is 126 Å². The van der Waals surface area contributed by atoms with Gasteiger partial charge in [-0.25, -0.2) is 0 Å². The third-order valence-electron chi connectivity index (χ3n) is 4.94. The SMILES string of the molecule is Cc1cc(CN)ccc1CN1CCC2NC(=O)CCC2C1. The lowest BCUT2D eigenvalue weighted by molar-refractivity contribution is -0.125. The molecule has 2 fully saturated rings. The summed E-state index contributed by atoms with van der Waals surface area (Å²) in [5.74, 6) is 0.859. The number of likely N-dealkylation sites (tertiary alicyclic amines) is 1. The van der Waals surface area contributed by atoms with Gasteiger partial charge in [0, 0.05) is 38.6 Å². The molecule has 3 N–H and O–H groups in total. The van der Waals surface area contributed by atoms with Gasteiger partial charge in [-0.3, -0.25) is 9.69 Å². The number of rotatable bonds is 3.